The Morgan fingerprint density at radius 1 is 1.42 bits per heavy atom. The summed E-state index contributed by atoms with van der Waals surface area (Å²) in [7, 11) is 1.59. The molecule has 0 aliphatic heterocycles. The fourth-order valence-corrected chi connectivity index (χ4v) is 2.05. The highest BCUT2D eigenvalue weighted by molar-refractivity contribution is 7.08. The predicted molar refractivity (Wildman–Crippen MR) is 68.9 cm³/mol. The van der Waals surface area contributed by atoms with E-state index in [0.717, 1.165) is 22.8 Å². The molecule has 100 valence electrons. The third kappa shape index (κ3) is 3.25. The van der Waals surface area contributed by atoms with E-state index in [1.807, 2.05) is 24.3 Å². The highest BCUT2D eigenvalue weighted by atomic mass is 32.1. The first kappa shape index (κ1) is 13.4. The van der Waals surface area contributed by atoms with Gasteiger partial charge in [-0.3, -0.25) is 4.79 Å². The molecule has 0 saturated heterocycles. The molecule has 1 amide bonds. The van der Waals surface area contributed by atoms with Gasteiger partial charge in [0.2, 0.25) is 0 Å². The molecule has 1 heterocycles. The molecule has 0 radical (unpaired) electrons. The number of rotatable bonds is 5. The van der Waals surface area contributed by atoms with Gasteiger partial charge in [0, 0.05) is 6.54 Å². The third-order valence-electron chi connectivity index (χ3n) is 2.50. The number of hydrogen-bond donors (Lipinski definition) is 1. The van der Waals surface area contributed by atoms with E-state index in [-0.39, 0.29) is 16.5 Å². The van der Waals surface area contributed by atoms with E-state index in [0.29, 0.717) is 6.54 Å². The van der Waals surface area contributed by atoms with Gasteiger partial charge in [0.05, 0.1) is 7.11 Å². The van der Waals surface area contributed by atoms with Gasteiger partial charge in [0.1, 0.15) is 23.0 Å². The lowest BCUT2D eigenvalue weighted by molar-refractivity contribution is 0.0953. The van der Waals surface area contributed by atoms with Gasteiger partial charge in [-0.15, -0.1) is 5.10 Å². The number of amides is 1. The molecule has 1 aromatic heterocycles. The van der Waals surface area contributed by atoms with Crippen molar-refractivity contribution in [2.75, 3.05) is 7.11 Å². The second-order valence-corrected chi connectivity index (χ2v) is 4.47. The van der Waals surface area contributed by atoms with Crippen LogP contribution in [0.15, 0.2) is 24.3 Å². The average Bonchev–Trinajstić information content (AvgIpc) is 2.93. The van der Waals surface area contributed by atoms with Crippen molar-refractivity contribution in [1.29, 1.82) is 0 Å². The van der Waals surface area contributed by atoms with Gasteiger partial charge in [-0.25, -0.2) is 4.39 Å². The Balaban J connectivity index is 1.96. The zero-order chi connectivity index (χ0) is 13.7. The van der Waals surface area contributed by atoms with Crippen LogP contribution in [-0.4, -0.2) is 22.6 Å². The van der Waals surface area contributed by atoms with Gasteiger partial charge >= 0.3 is 0 Å². The molecule has 0 spiro atoms. The molecular formula is C12H12FN3O2S. The quantitative estimate of drug-likeness (QED) is 0.909. The maximum absolute atomic E-state index is 12.5. The van der Waals surface area contributed by atoms with Crippen LogP contribution in [-0.2, 0) is 13.2 Å². The molecule has 0 atom stereocenters. The standard InChI is InChI=1S/C12H12FN3O2S/c1-18-9-4-2-8(3-5-9)7-14-12(17)11-10(6-13)15-16-19-11/h2-5H,6-7H2,1H3,(H,14,17). The molecule has 2 aromatic rings. The van der Waals surface area contributed by atoms with Gasteiger partial charge in [0.15, 0.2) is 0 Å². The van der Waals surface area contributed by atoms with Crippen LogP contribution in [0.5, 0.6) is 5.75 Å². The summed E-state index contributed by atoms with van der Waals surface area (Å²) in [6.45, 7) is -0.436. The van der Waals surface area contributed by atoms with Crippen LogP contribution in [0.4, 0.5) is 4.39 Å². The van der Waals surface area contributed by atoms with Crippen LogP contribution in [0, 0.1) is 0 Å². The van der Waals surface area contributed by atoms with Crippen LogP contribution in [0.25, 0.3) is 0 Å². The van der Waals surface area contributed by atoms with Gasteiger partial charge in [-0.1, -0.05) is 16.6 Å². The summed E-state index contributed by atoms with van der Waals surface area (Å²) in [5.41, 5.74) is 1.01. The van der Waals surface area contributed by atoms with Crippen LogP contribution in [0.2, 0.25) is 0 Å². The van der Waals surface area contributed by atoms with Crippen molar-refractivity contribution in [1.82, 2.24) is 14.9 Å². The molecule has 2 rings (SSSR count). The van der Waals surface area contributed by atoms with E-state index in [9.17, 15) is 9.18 Å². The largest absolute Gasteiger partial charge is 0.497 e. The summed E-state index contributed by atoms with van der Waals surface area (Å²) in [5, 5.41) is 6.25. The molecule has 5 nitrogen and oxygen atoms in total. The van der Waals surface area contributed by atoms with E-state index in [4.69, 9.17) is 4.74 Å². The smallest absolute Gasteiger partial charge is 0.265 e. The summed E-state index contributed by atoms with van der Waals surface area (Å²) in [6.07, 6.45) is 0. The molecule has 19 heavy (non-hydrogen) atoms. The average molecular weight is 281 g/mol. The lowest BCUT2D eigenvalue weighted by atomic mass is 10.2. The topological polar surface area (TPSA) is 64.1 Å². The first-order valence-corrected chi connectivity index (χ1v) is 6.30. The number of carbonyl (C=O) groups excluding carboxylic acids is 1. The van der Waals surface area contributed by atoms with Crippen molar-refractivity contribution >= 4 is 17.4 Å². The number of nitrogens with zero attached hydrogens (tertiary/aromatic N) is 2. The maximum Gasteiger partial charge on any atom is 0.265 e. The zero-order valence-corrected chi connectivity index (χ0v) is 11.0. The molecule has 0 bridgehead atoms. The minimum Gasteiger partial charge on any atom is -0.497 e. The van der Waals surface area contributed by atoms with Crippen molar-refractivity contribution < 1.29 is 13.9 Å². The van der Waals surface area contributed by atoms with Crippen LogP contribution >= 0.6 is 11.5 Å². The van der Waals surface area contributed by atoms with Crippen molar-refractivity contribution in [2.24, 2.45) is 0 Å². The molecule has 0 fully saturated rings. The molecule has 1 aromatic carbocycles. The molecule has 0 aliphatic rings. The fourth-order valence-electron chi connectivity index (χ4n) is 1.47. The lowest BCUT2D eigenvalue weighted by Gasteiger charge is -2.05. The zero-order valence-electron chi connectivity index (χ0n) is 10.2. The number of alkyl halides is 1. The number of aromatic nitrogens is 2. The summed E-state index contributed by atoms with van der Waals surface area (Å²) < 4.78 is 21.1. The molecule has 1 N–H and O–H groups in total. The minimum absolute atomic E-state index is 0.0808. The highest BCUT2D eigenvalue weighted by Crippen LogP contribution is 2.13. The van der Waals surface area contributed by atoms with E-state index in [2.05, 4.69) is 14.9 Å². The third-order valence-corrected chi connectivity index (χ3v) is 3.27. The maximum atomic E-state index is 12.5. The first-order chi connectivity index (χ1) is 9.24. The molecule has 0 saturated carbocycles. The molecule has 7 heteroatoms. The normalized spacial score (nSPS) is 10.2. The summed E-state index contributed by atoms with van der Waals surface area (Å²) >= 11 is 0.890. The minimum atomic E-state index is -0.790. The number of halogens is 1. The second kappa shape index (κ2) is 6.24. The monoisotopic (exact) mass is 281 g/mol. The number of nitrogens with one attached hydrogen (secondary N) is 1. The van der Waals surface area contributed by atoms with E-state index in [1.54, 1.807) is 7.11 Å². The molecule has 0 unspecified atom stereocenters. The number of methoxy groups -OCH3 is 1. The predicted octanol–water partition coefficient (Wildman–Crippen LogP) is 1.95. The summed E-state index contributed by atoms with van der Waals surface area (Å²) in [5.74, 6) is 0.389. The SMILES string of the molecule is COc1ccc(CNC(=O)c2snnc2CF)cc1. The molecular weight excluding hydrogens is 269 g/mol. The van der Waals surface area contributed by atoms with E-state index < -0.39 is 6.67 Å². The molecule has 0 aliphatic carbocycles. The van der Waals surface area contributed by atoms with Crippen LogP contribution < -0.4 is 10.1 Å². The van der Waals surface area contributed by atoms with Crippen LogP contribution in [0.1, 0.15) is 20.9 Å². The van der Waals surface area contributed by atoms with Crippen LogP contribution in [0.3, 0.4) is 0 Å². The van der Waals surface area contributed by atoms with Gasteiger partial charge in [-0.05, 0) is 29.2 Å². The number of ether oxygens (including phenoxy) is 1. The second-order valence-electron chi connectivity index (χ2n) is 3.71. The van der Waals surface area contributed by atoms with Gasteiger partial charge in [-0.2, -0.15) is 0 Å². The van der Waals surface area contributed by atoms with E-state index >= 15 is 0 Å². The summed E-state index contributed by atoms with van der Waals surface area (Å²) in [4.78, 5) is 12.0. The van der Waals surface area contributed by atoms with Crippen molar-refractivity contribution in [3.05, 3.63) is 40.4 Å². The van der Waals surface area contributed by atoms with Crippen molar-refractivity contribution in [2.45, 2.75) is 13.2 Å². The highest BCUT2D eigenvalue weighted by Gasteiger charge is 2.15. The Bertz CT molecular complexity index is 556. The first-order valence-electron chi connectivity index (χ1n) is 5.53. The number of carbonyl (C=O) groups is 1. The Labute approximate surface area is 113 Å². The van der Waals surface area contributed by atoms with Crippen molar-refractivity contribution in [3.63, 3.8) is 0 Å². The Hall–Kier alpha value is -2.02. The Morgan fingerprint density at radius 3 is 2.79 bits per heavy atom. The van der Waals surface area contributed by atoms with Gasteiger partial charge < -0.3 is 10.1 Å². The van der Waals surface area contributed by atoms with Crippen molar-refractivity contribution in [3.8, 4) is 5.75 Å². The number of benzene rings is 1. The Kier molecular flexibility index (Phi) is 4.40. The Morgan fingerprint density at radius 2 is 2.16 bits per heavy atom. The summed E-state index contributed by atoms with van der Waals surface area (Å²) in [6, 6.07) is 7.31. The van der Waals surface area contributed by atoms with E-state index in [1.165, 1.54) is 0 Å². The van der Waals surface area contributed by atoms with Gasteiger partial charge in [0.25, 0.3) is 5.91 Å². The number of hydrogen-bond acceptors (Lipinski definition) is 5. The lowest BCUT2D eigenvalue weighted by Crippen LogP contribution is -2.22. The fraction of sp³-hybridized carbons (Fsp3) is 0.250.